The van der Waals surface area contributed by atoms with E-state index in [4.69, 9.17) is 0 Å². The lowest BCUT2D eigenvalue weighted by atomic mass is 9.86. The van der Waals surface area contributed by atoms with E-state index in [0.717, 1.165) is 11.2 Å². The summed E-state index contributed by atoms with van der Waals surface area (Å²) in [5, 5.41) is 1.76. The number of amides is 1. The summed E-state index contributed by atoms with van der Waals surface area (Å²) >= 11 is 0. The van der Waals surface area contributed by atoms with Crippen LogP contribution < -0.4 is 0 Å². The third kappa shape index (κ3) is 3.44. The predicted molar refractivity (Wildman–Crippen MR) is 108 cm³/mol. The fourth-order valence-electron chi connectivity index (χ4n) is 3.48. The summed E-state index contributed by atoms with van der Waals surface area (Å²) in [6.07, 6.45) is -1.60. The van der Waals surface area contributed by atoms with Crippen molar-refractivity contribution in [1.82, 2.24) is 20.0 Å². The maximum atomic E-state index is 13.3. The number of fused-ring (bicyclic) bond motifs is 3. The molecule has 0 saturated heterocycles. The zero-order valence-electron chi connectivity index (χ0n) is 16.8. The van der Waals surface area contributed by atoms with Crippen molar-refractivity contribution in [2.75, 3.05) is 14.1 Å². The van der Waals surface area contributed by atoms with E-state index < -0.39 is 23.6 Å². The van der Waals surface area contributed by atoms with E-state index in [0.29, 0.717) is 15.9 Å². The average molecular weight is 440 g/mol. The second kappa shape index (κ2) is 7.65. The van der Waals surface area contributed by atoms with Gasteiger partial charge < -0.3 is 0 Å². The Hall–Kier alpha value is -3.92. The van der Waals surface area contributed by atoms with Crippen LogP contribution in [0.1, 0.15) is 37.7 Å². The van der Waals surface area contributed by atoms with Crippen molar-refractivity contribution in [3.8, 4) is 0 Å². The van der Waals surface area contributed by atoms with Crippen molar-refractivity contribution < 1.29 is 27.6 Å². The van der Waals surface area contributed by atoms with Crippen LogP contribution in [-0.4, -0.2) is 57.7 Å². The molecule has 0 fully saturated rings. The van der Waals surface area contributed by atoms with Crippen LogP contribution in [0.25, 0.3) is 17.0 Å². The zero-order valence-corrected chi connectivity index (χ0v) is 16.8. The van der Waals surface area contributed by atoms with E-state index in [9.17, 15) is 27.6 Å². The summed E-state index contributed by atoms with van der Waals surface area (Å²) in [4.78, 5) is 46.4. The molecule has 1 amide bonds. The minimum absolute atomic E-state index is 0.0372. The Morgan fingerprint density at radius 1 is 1.00 bits per heavy atom. The van der Waals surface area contributed by atoms with Crippen molar-refractivity contribution in [2.45, 2.75) is 6.18 Å². The number of hydrogen-bond acceptors (Lipinski definition) is 6. The van der Waals surface area contributed by atoms with Gasteiger partial charge in [0.15, 0.2) is 5.78 Å². The highest BCUT2D eigenvalue weighted by Gasteiger charge is 2.43. The first-order chi connectivity index (χ1) is 15.1. The molecule has 0 spiro atoms. The van der Waals surface area contributed by atoms with Gasteiger partial charge in [0, 0.05) is 31.9 Å². The molecule has 7 nitrogen and oxygen atoms in total. The summed E-state index contributed by atoms with van der Waals surface area (Å²) in [5.41, 5.74) is 0.393. The monoisotopic (exact) mass is 440 g/mol. The first-order valence-corrected chi connectivity index (χ1v) is 9.34. The van der Waals surface area contributed by atoms with E-state index in [-0.39, 0.29) is 28.1 Å². The van der Waals surface area contributed by atoms with Gasteiger partial charge in [0.1, 0.15) is 11.4 Å². The number of rotatable bonds is 3. The second-order valence-corrected chi connectivity index (χ2v) is 7.13. The zero-order chi connectivity index (χ0) is 23.2. The highest BCUT2D eigenvalue weighted by Crippen LogP contribution is 2.32. The Balaban J connectivity index is 1.96. The van der Waals surface area contributed by atoms with Crippen molar-refractivity contribution in [3.05, 3.63) is 76.9 Å². The van der Waals surface area contributed by atoms with Crippen LogP contribution in [0.3, 0.4) is 0 Å². The Bertz CT molecular complexity index is 1320. The molecule has 0 N–H and O–H groups in total. The molecule has 0 radical (unpaired) electrons. The largest absolute Gasteiger partial charge is 0.473 e. The van der Waals surface area contributed by atoms with Gasteiger partial charge in [-0.05, 0) is 29.8 Å². The molecule has 32 heavy (non-hydrogen) atoms. The molecule has 2 heterocycles. The quantitative estimate of drug-likeness (QED) is 0.455. The Labute approximate surface area is 179 Å². The number of alkyl halides is 3. The summed E-state index contributed by atoms with van der Waals surface area (Å²) in [6.45, 7) is 0. The lowest BCUT2D eigenvalue weighted by molar-refractivity contribution is -0.193. The van der Waals surface area contributed by atoms with E-state index in [1.807, 2.05) is 0 Å². The Kier molecular flexibility index (Phi) is 5.09. The lowest BCUT2D eigenvalue weighted by Crippen LogP contribution is -2.45. The molecule has 1 aliphatic carbocycles. The predicted octanol–water partition coefficient (Wildman–Crippen LogP) is 3.24. The van der Waals surface area contributed by atoms with E-state index in [2.05, 4.69) is 9.97 Å². The number of halogens is 3. The van der Waals surface area contributed by atoms with Gasteiger partial charge >= 0.3 is 12.1 Å². The molecule has 1 aromatic carbocycles. The van der Waals surface area contributed by atoms with E-state index in [1.165, 1.54) is 38.5 Å². The minimum Gasteiger partial charge on any atom is -0.288 e. The number of ketones is 2. The third-order valence-electron chi connectivity index (χ3n) is 4.91. The molecule has 0 bridgehead atoms. The van der Waals surface area contributed by atoms with Crippen molar-refractivity contribution in [3.63, 3.8) is 0 Å². The number of nitrogens with zero attached hydrogens (tertiary/aromatic N) is 4. The van der Waals surface area contributed by atoms with Crippen LogP contribution in [-0.2, 0) is 4.79 Å². The number of carbonyl (C=O) groups excluding carboxylic acids is 3. The summed E-state index contributed by atoms with van der Waals surface area (Å²) in [5.74, 6) is -3.20. The lowest BCUT2D eigenvalue weighted by Gasteiger charge is -2.26. The van der Waals surface area contributed by atoms with Crippen LogP contribution >= 0.6 is 0 Å². The van der Waals surface area contributed by atoms with Crippen molar-refractivity contribution in [2.24, 2.45) is 0 Å². The number of pyridine rings is 2. The number of hydrogen-bond donors (Lipinski definition) is 0. The van der Waals surface area contributed by atoms with Gasteiger partial charge in [-0.3, -0.25) is 19.4 Å². The van der Waals surface area contributed by atoms with Crippen LogP contribution in [0.4, 0.5) is 13.2 Å². The molecular weight excluding hydrogens is 425 g/mol. The minimum atomic E-state index is -5.11. The number of carbonyl (C=O) groups is 3. The molecule has 10 heteroatoms. The molecular formula is C22H15F3N4O3. The van der Waals surface area contributed by atoms with Gasteiger partial charge in [-0.25, -0.2) is 15.0 Å². The van der Waals surface area contributed by atoms with Gasteiger partial charge in [0.2, 0.25) is 5.78 Å². The first kappa shape index (κ1) is 21.3. The summed E-state index contributed by atoms with van der Waals surface area (Å²) in [7, 11) is 2.54. The van der Waals surface area contributed by atoms with Crippen LogP contribution in [0.15, 0.2) is 48.8 Å². The van der Waals surface area contributed by atoms with Gasteiger partial charge in [0.25, 0.3) is 0 Å². The molecule has 0 atom stereocenters. The van der Waals surface area contributed by atoms with Crippen molar-refractivity contribution >= 4 is 34.5 Å². The molecule has 4 rings (SSSR count). The topological polar surface area (TPSA) is 83.5 Å². The number of para-hydroxylation sites is 1. The molecule has 0 aliphatic heterocycles. The van der Waals surface area contributed by atoms with Crippen molar-refractivity contribution in [1.29, 1.82) is 0 Å². The Morgan fingerprint density at radius 2 is 1.72 bits per heavy atom. The SMILES string of the molecule is CN(C)N(/C=C/c1c2c(nc3ccccc13)C(=O)c1ncccc1C2=O)C(=O)C(F)(F)F. The highest BCUT2D eigenvalue weighted by molar-refractivity contribution is 6.29. The average Bonchev–Trinajstić information content (AvgIpc) is 2.76. The third-order valence-corrected chi connectivity index (χ3v) is 4.91. The van der Waals surface area contributed by atoms with Crippen LogP contribution in [0, 0.1) is 0 Å². The normalized spacial score (nSPS) is 13.6. The molecule has 0 unspecified atom stereocenters. The number of hydrazine groups is 1. The van der Waals surface area contributed by atoms with Crippen LogP contribution in [0.2, 0.25) is 0 Å². The molecule has 3 aromatic rings. The molecule has 1 aliphatic rings. The number of aromatic nitrogens is 2. The first-order valence-electron chi connectivity index (χ1n) is 9.34. The van der Waals surface area contributed by atoms with Gasteiger partial charge in [-0.15, -0.1) is 0 Å². The molecule has 2 aromatic heterocycles. The molecule has 0 saturated carbocycles. The van der Waals surface area contributed by atoms with E-state index in [1.54, 1.807) is 24.3 Å². The van der Waals surface area contributed by atoms with Crippen LogP contribution in [0.5, 0.6) is 0 Å². The number of benzene rings is 1. The Morgan fingerprint density at radius 3 is 2.41 bits per heavy atom. The maximum absolute atomic E-state index is 13.3. The highest BCUT2D eigenvalue weighted by atomic mass is 19.4. The second-order valence-electron chi connectivity index (χ2n) is 7.13. The smallest absolute Gasteiger partial charge is 0.288 e. The maximum Gasteiger partial charge on any atom is 0.473 e. The van der Waals surface area contributed by atoms with Gasteiger partial charge in [-0.2, -0.15) is 13.2 Å². The fraction of sp³-hybridized carbons (Fsp3) is 0.136. The standard InChI is InChI=1S/C22H15F3N4O3/c1-28(2)29(21(32)22(23,24)25)11-9-13-12-6-3-4-8-15(12)27-18-16(13)19(30)14-7-5-10-26-17(14)20(18)31/h3-11H,1-2H3/b11-9+. The molecule has 162 valence electrons. The summed E-state index contributed by atoms with van der Waals surface area (Å²) < 4.78 is 39.1. The summed E-state index contributed by atoms with van der Waals surface area (Å²) in [6, 6.07) is 9.55. The van der Waals surface area contributed by atoms with E-state index >= 15 is 0 Å². The van der Waals surface area contributed by atoms with Gasteiger partial charge in [-0.1, -0.05) is 18.2 Å². The van der Waals surface area contributed by atoms with Gasteiger partial charge in [0.05, 0.1) is 16.6 Å². The fourth-order valence-corrected chi connectivity index (χ4v) is 3.48.